The monoisotopic (exact) mass is 335 g/mol. The van der Waals surface area contributed by atoms with Crippen LogP contribution in [0.25, 0.3) is 0 Å². The van der Waals surface area contributed by atoms with Crippen molar-refractivity contribution in [1.29, 1.82) is 0 Å². The normalized spacial score (nSPS) is 15.4. The number of anilines is 2. The topological polar surface area (TPSA) is 61.4 Å². The average Bonchev–Trinajstić information content (AvgIpc) is 2.56. The Morgan fingerprint density at radius 3 is 2.17 bits per heavy atom. The fourth-order valence-corrected chi connectivity index (χ4v) is 3.55. The molecule has 1 fully saturated rings. The lowest BCUT2D eigenvalue weighted by Crippen LogP contribution is -2.43. The minimum absolute atomic E-state index is 0.0325. The van der Waals surface area contributed by atoms with Crippen molar-refractivity contribution in [3.05, 3.63) is 54.3 Å². The van der Waals surface area contributed by atoms with Gasteiger partial charge in [0.15, 0.2) is 0 Å². The van der Waals surface area contributed by atoms with Gasteiger partial charge in [-0.15, -0.1) is 0 Å². The summed E-state index contributed by atoms with van der Waals surface area (Å²) in [5, 5.41) is 3.29. The SMILES string of the molecule is O=S(=O)(Nc1ccc(N2CCNCC2)cc1)c1ccc(F)cc1. The summed E-state index contributed by atoms with van der Waals surface area (Å²) < 4.78 is 39.9. The van der Waals surface area contributed by atoms with Gasteiger partial charge in [-0.2, -0.15) is 0 Å². The van der Waals surface area contributed by atoms with Crippen LogP contribution < -0.4 is 14.9 Å². The number of benzene rings is 2. The first kappa shape index (κ1) is 15.8. The van der Waals surface area contributed by atoms with Crippen LogP contribution in [0.15, 0.2) is 53.4 Å². The molecular weight excluding hydrogens is 317 g/mol. The highest BCUT2D eigenvalue weighted by Crippen LogP contribution is 2.21. The molecule has 2 aromatic carbocycles. The van der Waals surface area contributed by atoms with Gasteiger partial charge in [0, 0.05) is 37.6 Å². The lowest BCUT2D eigenvalue weighted by Gasteiger charge is -2.29. The molecule has 2 aromatic rings. The quantitative estimate of drug-likeness (QED) is 0.898. The number of nitrogens with zero attached hydrogens (tertiary/aromatic N) is 1. The maximum absolute atomic E-state index is 12.9. The number of nitrogens with one attached hydrogen (secondary N) is 2. The van der Waals surface area contributed by atoms with Crippen molar-refractivity contribution in [2.75, 3.05) is 35.8 Å². The summed E-state index contributed by atoms with van der Waals surface area (Å²) in [7, 11) is -3.71. The molecule has 1 aliphatic heterocycles. The molecule has 1 heterocycles. The predicted octanol–water partition coefficient (Wildman–Crippen LogP) is 2.04. The van der Waals surface area contributed by atoms with Gasteiger partial charge < -0.3 is 10.2 Å². The first-order valence-electron chi connectivity index (χ1n) is 7.39. The van der Waals surface area contributed by atoms with Crippen LogP contribution >= 0.6 is 0 Å². The van der Waals surface area contributed by atoms with Crippen molar-refractivity contribution >= 4 is 21.4 Å². The maximum Gasteiger partial charge on any atom is 0.261 e. The van der Waals surface area contributed by atoms with Gasteiger partial charge in [0.1, 0.15) is 5.82 Å². The fraction of sp³-hybridized carbons (Fsp3) is 0.250. The minimum atomic E-state index is -3.71. The van der Waals surface area contributed by atoms with Gasteiger partial charge in [0.05, 0.1) is 4.90 Å². The van der Waals surface area contributed by atoms with Gasteiger partial charge in [0.2, 0.25) is 0 Å². The molecule has 2 N–H and O–H groups in total. The molecule has 1 aliphatic rings. The molecule has 0 atom stereocenters. The zero-order chi connectivity index (χ0) is 16.3. The number of rotatable bonds is 4. The van der Waals surface area contributed by atoms with E-state index >= 15 is 0 Å². The van der Waals surface area contributed by atoms with E-state index in [9.17, 15) is 12.8 Å². The van der Waals surface area contributed by atoms with Crippen LogP contribution in [-0.2, 0) is 10.0 Å². The lowest BCUT2D eigenvalue weighted by molar-refractivity contribution is 0.589. The molecule has 0 unspecified atom stereocenters. The van der Waals surface area contributed by atoms with Crippen LogP contribution in [-0.4, -0.2) is 34.6 Å². The zero-order valence-corrected chi connectivity index (χ0v) is 13.3. The van der Waals surface area contributed by atoms with Gasteiger partial charge in [0.25, 0.3) is 10.0 Å². The molecule has 0 amide bonds. The Morgan fingerprint density at radius 1 is 0.957 bits per heavy atom. The van der Waals surface area contributed by atoms with Crippen molar-refractivity contribution in [3.63, 3.8) is 0 Å². The minimum Gasteiger partial charge on any atom is -0.369 e. The number of piperazine rings is 1. The fourth-order valence-electron chi connectivity index (χ4n) is 2.49. The summed E-state index contributed by atoms with van der Waals surface area (Å²) in [6.45, 7) is 3.75. The Hall–Kier alpha value is -2.12. The van der Waals surface area contributed by atoms with Gasteiger partial charge in [-0.25, -0.2) is 12.8 Å². The largest absolute Gasteiger partial charge is 0.369 e. The van der Waals surface area contributed by atoms with E-state index in [0.29, 0.717) is 5.69 Å². The Bertz CT molecular complexity index is 755. The summed E-state index contributed by atoms with van der Waals surface area (Å²) in [6.07, 6.45) is 0. The molecule has 3 rings (SSSR count). The maximum atomic E-state index is 12.9. The second-order valence-corrected chi connectivity index (χ2v) is 7.03. The van der Waals surface area contributed by atoms with Crippen molar-refractivity contribution in [1.82, 2.24) is 5.32 Å². The molecule has 0 bridgehead atoms. The van der Waals surface area contributed by atoms with Crippen molar-refractivity contribution in [3.8, 4) is 0 Å². The molecule has 5 nitrogen and oxygen atoms in total. The van der Waals surface area contributed by atoms with E-state index in [-0.39, 0.29) is 4.90 Å². The van der Waals surface area contributed by atoms with E-state index in [1.54, 1.807) is 12.1 Å². The molecule has 0 radical (unpaired) electrons. The first-order chi connectivity index (χ1) is 11.0. The van der Waals surface area contributed by atoms with Crippen molar-refractivity contribution in [2.24, 2.45) is 0 Å². The van der Waals surface area contributed by atoms with Crippen LogP contribution in [0.3, 0.4) is 0 Å². The first-order valence-corrected chi connectivity index (χ1v) is 8.87. The molecule has 0 aromatic heterocycles. The third kappa shape index (κ3) is 3.80. The number of hydrogen-bond donors (Lipinski definition) is 2. The zero-order valence-electron chi connectivity index (χ0n) is 12.5. The lowest BCUT2D eigenvalue weighted by atomic mass is 10.2. The molecule has 0 spiro atoms. The molecule has 0 saturated carbocycles. The highest BCUT2D eigenvalue weighted by Gasteiger charge is 2.15. The smallest absolute Gasteiger partial charge is 0.261 e. The van der Waals surface area contributed by atoms with Crippen molar-refractivity contribution < 1.29 is 12.8 Å². The molecule has 23 heavy (non-hydrogen) atoms. The summed E-state index contributed by atoms with van der Waals surface area (Å²) in [5.41, 5.74) is 1.55. The van der Waals surface area contributed by atoms with E-state index in [2.05, 4.69) is 14.9 Å². The second kappa shape index (κ2) is 6.55. The number of sulfonamides is 1. The number of halogens is 1. The van der Waals surface area contributed by atoms with E-state index in [4.69, 9.17) is 0 Å². The third-order valence-corrected chi connectivity index (χ3v) is 5.12. The highest BCUT2D eigenvalue weighted by molar-refractivity contribution is 7.92. The molecule has 0 aliphatic carbocycles. The van der Waals surface area contributed by atoms with E-state index in [1.807, 2.05) is 12.1 Å². The van der Waals surface area contributed by atoms with Gasteiger partial charge in [-0.1, -0.05) is 0 Å². The second-order valence-electron chi connectivity index (χ2n) is 5.34. The van der Waals surface area contributed by atoms with Gasteiger partial charge >= 0.3 is 0 Å². The van der Waals surface area contributed by atoms with Crippen LogP contribution in [0.1, 0.15) is 0 Å². The van der Waals surface area contributed by atoms with E-state index < -0.39 is 15.8 Å². The molecule has 122 valence electrons. The summed E-state index contributed by atoms with van der Waals surface area (Å²) in [5.74, 6) is -0.468. The third-order valence-electron chi connectivity index (χ3n) is 3.73. The summed E-state index contributed by atoms with van der Waals surface area (Å²) in [4.78, 5) is 2.28. The summed E-state index contributed by atoms with van der Waals surface area (Å²) in [6, 6.07) is 12.0. The van der Waals surface area contributed by atoms with Crippen LogP contribution in [0.4, 0.5) is 15.8 Å². The van der Waals surface area contributed by atoms with E-state index in [0.717, 1.165) is 44.0 Å². The van der Waals surface area contributed by atoms with Crippen molar-refractivity contribution in [2.45, 2.75) is 4.90 Å². The van der Waals surface area contributed by atoms with Crippen LogP contribution in [0.2, 0.25) is 0 Å². The number of hydrogen-bond acceptors (Lipinski definition) is 4. The van der Waals surface area contributed by atoms with Crippen LogP contribution in [0.5, 0.6) is 0 Å². The standard InChI is InChI=1S/C16H18FN3O2S/c17-13-1-7-16(8-2-13)23(21,22)19-14-3-5-15(6-4-14)20-11-9-18-10-12-20/h1-8,18-19H,9-12H2. The average molecular weight is 335 g/mol. The van der Waals surface area contributed by atoms with E-state index in [1.165, 1.54) is 12.1 Å². The molecule has 7 heteroatoms. The Morgan fingerprint density at radius 2 is 1.57 bits per heavy atom. The van der Waals surface area contributed by atoms with Crippen LogP contribution in [0, 0.1) is 5.82 Å². The Balaban J connectivity index is 1.73. The highest BCUT2D eigenvalue weighted by atomic mass is 32.2. The Kier molecular flexibility index (Phi) is 4.49. The molecule has 1 saturated heterocycles. The summed E-state index contributed by atoms with van der Waals surface area (Å²) >= 11 is 0. The predicted molar refractivity (Wildman–Crippen MR) is 88.7 cm³/mol. The van der Waals surface area contributed by atoms with Gasteiger partial charge in [-0.05, 0) is 48.5 Å². The molecular formula is C16H18FN3O2S. The van der Waals surface area contributed by atoms with Gasteiger partial charge in [-0.3, -0.25) is 4.72 Å². The Labute approximate surface area is 135 Å².